The third kappa shape index (κ3) is 3.51. The summed E-state index contributed by atoms with van der Waals surface area (Å²) in [7, 11) is 1.58. The van der Waals surface area contributed by atoms with Crippen LogP contribution < -0.4 is 9.75 Å². The fourth-order valence-corrected chi connectivity index (χ4v) is 3.97. The summed E-state index contributed by atoms with van der Waals surface area (Å²) in [6, 6.07) is 15.5. The van der Waals surface area contributed by atoms with Crippen molar-refractivity contribution in [2.75, 3.05) is 12.1 Å². The topological polar surface area (TPSA) is 92.3 Å². The number of ether oxygens (including phenoxy) is 1. The maximum absolute atomic E-state index is 13.8. The van der Waals surface area contributed by atoms with Crippen LogP contribution in [-0.4, -0.2) is 28.0 Å². The van der Waals surface area contributed by atoms with Crippen LogP contribution in [0.15, 0.2) is 71.1 Å². The molecule has 1 aliphatic rings. The molecule has 0 saturated carbocycles. The molecular formula is C23H16F3N5O3. The summed E-state index contributed by atoms with van der Waals surface area (Å²) >= 11 is 0. The number of alkyl halides is 3. The number of aromatic nitrogens is 2. The van der Waals surface area contributed by atoms with Crippen LogP contribution in [-0.2, 0) is 12.7 Å². The Morgan fingerprint density at radius 1 is 1.06 bits per heavy atom. The summed E-state index contributed by atoms with van der Waals surface area (Å²) in [5.74, 6) is -0.998. The fourth-order valence-electron chi connectivity index (χ4n) is 3.97. The average molecular weight is 467 g/mol. The predicted molar refractivity (Wildman–Crippen MR) is 117 cm³/mol. The van der Waals surface area contributed by atoms with Gasteiger partial charge in [0.1, 0.15) is 11.3 Å². The van der Waals surface area contributed by atoms with Gasteiger partial charge >= 0.3 is 12.1 Å². The molecule has 1 aliphatic heterocycles. The number of hydrogen-bond acceptors (Lipinski definition) is 6. The van der Waals surface area contributed by atoms with Crippen molar-refractivity contribution in [3.63, 3.8) is 0 Å². The monoisotopic (exact) mass is 467 g/mol. The zero-order valence-corrected chi connectivity index (χ0v) is 17.6. The number of anilines is 1. The number of carbonyl (C=O) groups is 1. The third-order valence-electron chi connectivity index (χ3n) is 5.50. The van der Waals surface area contributed by atoms with Crippen molar-refractivity contribution in [3.8, 4) is 11.4 Å². The van der Waals surface area contributed by atoms with Gasteiger partial charge < -0.3 is 9.84 Å². The Morgan fingerprint density at radius 3 is 2.47 bits per heavy atom. The van der Waals surface area contributed by atoms with Gasteiger partial charge in [-0.25, -0.2) is 14.5 Å². The number of methoxy groups -OCH3 is 1. The molecule has 0 unspecified atom stereocenters. The number of nitrogens with zero attached hydrogens (tertiary/aromatic N) is 5. The van der Waals surface area contributed by atoms with E-state index in [0.29, 0.717) is 45.3 Å². The van der Waals surface area contributed by atoms with Crippen molar-refractivity contribution in [2.45, 2.75) is 12.7 Å². The van der Waals surface area contributed by atoms with Crippen LogP contribution in [0.4, 0.5) is 24.5 Å². The van der Waals surface area contributed by atoms with E-state index in [0.717, 1.165) is 5.56 Å². The second-order valence-electron chi connectivity index (χ2n) is 7.52. The molecule has 5 rings (SSSR count). The number of aromatic carboxylic acids is 1. The van der Waals surface area contributed by atoms with Gasteiger partial charge in [0.25, 0.3) is 0 Å². The third-order valence-corrected chi connectivity index (χ3v) is 5.50. The summed E-state index contributed by atoms with van der Waals surface area (Å²) in [5, 5.41) is 24.2. The Hall–Kier alpha value is -4.41. The lowest BCUT2D eigenvalue weighted by molar-refractivity contribution is -0.143. The van der Waals surface area contributed by atoms with Crippen LogP contribution in [0, 0.1) is 0 Å². The van der Waals surface area contributed by atoms with Crippen LogP contribution in [0.25, 0.3) is 16.5 Å². The number of carboxylic acids is 1. The van der Waals surface area contributed by atoms with Gasteiger partial charge in [0.2, 0.25) is 0 Å². The average Bonchev–Trinajstić information content (AvgIpc) is 3.28. The predicted octanol–water partition coefficient (Wildman–Crippen LogP) is 5.77. The molecule has 34 heavy (non-hydrogen) atoms. The second-order valence-corrected chi connectivity index (χ2v) is 7.52. The van der Waals surface area contributed by atoms with Gasteiger partial charge in [-0.3, -0.25) is 0 Å². The molecule has 0 saturated heterocycles. The number of carboxylic acid groups (broad SMARTS) is 1. The first kappa shape index (κ1) is 21.4. The largest absolute Gasteiger partial charge is 0.497 e. The molecule has 0 fully saturated rings. The standard InChI is InChI=1S/C23H16F3N5O3/c1-34-14-7-5-13(6-8-14)12-30-19-10-9-18(15-3-2-4-17(20(15)19)28-29-30)31-21(23(24,25)26)16(11-27-31)22(32)33/h2-11H,12H2,1H3,(H,32,33). The minimum absolute atomic E-state index is 0.0851. The zero-order valence-electron chi connectivity index (χ0n) is 17.6. The van der Waals surface area contributed by atoms with Crippen molar-refractivity contribution in [3.05, 3.63) is 77.6 Å². The SMILES string of the molecule is COc1ccc(CN2N=Nc3cccc4c(-n5ncc(C(=O)O)c5C(F)(F)F)ccc2c34)cc1. The van der Waals surface area contributed by atoms with Crippen LogP contribution in [0.3, 0.4) is 0 Å². The molecule has 0 spiro atoms. The molecule has 4 aromatic rings. The summed E-state index contributed by atoms with van der Waals surface area (Å²) in [4.78, 5) is 11.4. The molecule has 1 aromatic heterocycles. The van der Waals surface area contributed by atoms with Gasteiger partial charge in [-0.1, -0.05) is 29.5 Å². The molecular weight excluding hydrogens is 451 g/mol. The Kier molecular flexibility index (Phi) is 4.96. The lowest BCUT2D eigenvalue weighted by Crippen LogP contribution is -2.19. The van der Waals surface area contributed by atoms with Gasteiger partial charge in [0.05, 0.1) is 36.9 Å². The lowest BCUT2D eigenvalue weighted by atomic mass is 10.0. The van der Waals surface area contributed by atoms with Gasteiger partial charge in [0, 0.05) is 10.8 Å². The van der Waals surface area contributed by atoms with Crippen molar-refractivity contribution in [1.82, 2.24) is 9.78 Å². The lowest BCUT2D eigenvalue weighted by Gasteiger charge is -2.25. The molecule has 0 aliphatic carbocycles. The van der Waals surface area contributed by atoms with Crippen molar-refractivity contribution < 1.29 is 27.8 Å². The maximum atomic E-state index is 13.8. The highest BCUT2D eigenvalue weighted by atomic mass is 19.4. The number of benzene rings is 3. The summed E-state index contributed by atoms with van der Waals surface area (Å²) in [6.45, 7) is 0.370. The molecule has 0 amide bonds. The van der Waals surface area contributed by atoms with E-state index in [1.807, 2.05) is 24.3 Å². The molecule has 172 valence electrons. The first-order valence-electron chi connectivity index (χ1n) is 10.0. The Labute approximate surface area is 190 Å². The molecule has 2 heterocycles. The highest BCUT2D eigenvalue weighted by molar-refractivity contribution is 6.07. The quantitative estimate of drug-likeness (QED) is 0.402. The summed E-state index contributed by atoms with van der Waals surface area (Å²) < 4.78 is 47.2. The van der Waals surface area contributed by atoms with E-state index in [4.69, 9.17) is 4.74 Å². The molecule has 0 atom stereocenters. The summed E-state index contributed by atoms with van der Waals surface area (Å²) in [6.07, 6.45) is -4.22. The molecule has 11 heteroatoms. The van der Waals surface area contributed by atoms with E-state index in [9.17, 15) is 23.1 Å². The van der Waals surface area contributed by atoms with Gasteiger partial charge in [0.15, 0.2) is 5.69 Å². The van der Waals surface area contributed by atoms with Gasteiger partial charge in [-0.05, 0) is 35.9 Å². The Morgan fingerprint density at radius 2 is 1.79 bits per heavy atom. The van der Waals surface area contributed by atoms with Crippen molar-refractivity contribution in [2.24, 2.45) is 10.3 Å². The molecule has 3 aromatic carbocycles. The molecule has 8 nitrogen and oxygen atoms in total. The summed E-state index contributed by atoms with van der Waals surface area (Å²) in [5.41, 5.74) is -0.128. The smallest absolute Gasteiger partial charge is 0.434 e. The van der Waals surface area contributed by atoms with Crippen LogP contribution >= 0.6 is 0 Å². The first-order valence-corrected chi connectivity index (χ1v) is 10.0. The van der Waals surface area contributed by atoms with Crippen molar-refractivity contribution in [1.29, 1.82) is 0 Å². The zero-order chi connectivity index (χ0) is 24.0. The van der Waals surface area contributed by atoms with Crippen LogP contribution in [0.2, 0.25) is 0 Å². The Balaban J connectivity index is 1.64. The van der Waals surface area contributed by atoms with Crippen LogP contribution in [0.5, 0.6) is 5.75 Å². The number of halogens is 3. The van der Waals surface area contributed by atoms with Crippen LogP contribution in [0.1, 0.15) is 21.6 Å². The normalized spacial score (nSPS) is 12.9. The highest BCUT2D eigenvalue weighted by Crippen LogP contribution is 2.43. The van der Waals surface area contributed by atoms with E-state index < -0.39 is 23.4 Å². The van der Waals surface area contributed by atoms with Gasteiger partial charge in [-0.2, -0.15) is 18.3 Å². The van der Waals surface area contributed by atoms with E-state index in [1.165, 1.54) is 6.07 Å². The highest BCUT2D eigenvalue weighted by Gasteiger charge is 2.41. The van der Waals surface area contributed by atoms with E-state index in [2.05, 4.69) is 15.4 Å². The van der Waals surface area contributed by atoms with E-state index in [1.54, 1.807) is 36.4 Å². The number of hydrogen-bond donors (Lipinski definition) is 1. The first-order chi connectivity index (χ1) is 16.3. The molecule has 0 bridgehead atoms. The maximum Gasteiger partial charge on any atom is 0.434 e. The minimum atomic E-state index is -4.93. The second kappa shape index (κ2) is 7.87. The molecule has 0 radical (unpaired) electrons. The van der Waals surface area contributed by atoms with Crippen molar-refractivity contribution >= 4 is 28.1 Å². The Bertz CT molecular complexity index is 1450. The van der Waals surface area contributed by atoms with Gasteiger partial charge in [-0.15, -0.1) is 5.11 Å². The van der Waals surface area contributed by atoms with E-state index >= 15 is 0 Å². The van der Waals surface area contributed by atoms with E-state index in [-0.39, 0.29) is 5.69 Å². The molecule has 1 N–H and O–H groups in total. The fraction of sp³-hybridized carbons (Fsp3) is 0.130. The minimum Gasteiger partial charge on any atom is -0.497 e. The number of rotatable bonds is 5.